The van der Waals surface area contributed by atoms with Gasteiger partial charge in [0.1, 0.15) is 5.82 Å². The quantitative estimate of drug-likeness (QED) is 0.818. The lowest BCUT2D eigenvalue weighted by atomic mass is 10.0. The molecule has 1 fully saturated rings. The van der Waals surface area contributed by atoms with Gasteiger partial charge < -0.3 is 5.32 Å². The fourth-order valence-electron chi connectivity index (χ4n) is 3.12. The van der Waals surface area contributed by atoms with Gasteiger partial charge in [-0.1, -0.05) is 39.3 Å². The number of halogens is 1. The van der Waals surface area contributed by atoms with Crippen LogP contribution in [-0.4, -0.2) is 24.0 Å². The number of rotatable bonds is 7. The summed E-state index contributed by atoms with van der Waals surface area (Å²) >= 11 is 0. The second-order valence-electron chi connectivity index (χ2n) is 6.64. The van der Waals surface area contributed by atoms with Crippen molar-refractivity contribution in [2.45, 2.75) is 59.2 Å². The summed E-state index contributed by atoms with van der Waals surface area (Å²) in [5, 5.41) is 3.39. The third-order valence-corrected chi connectivity index (χ3v) is 4.29. The Morgan fingerprint density at radius 3 is 2.90 bits per heavy atom. The summed E-state index contributed by atoms with van der Waals surface area (Å²) in [6.07, 6.45) is 3.82. The van der Waals surface area contributed by atoms with Crippen molar-refractivity contribution in [1.29, 1.82) is 0 Å². The summed E-state index contributed by atoms with van der Waals surface area (Å²) in [6.45, 7) is 10.3. The average molecular weight is 292 g/mol. The van der Waals surface area contributed by atoms with Gasteiger partial charge in [-0.05, 0) is 36.9 Å². The van der Waals surface area contributed by atoms with E-state index in [9.17, 15) is 4.39 Å². The molecule has 1 atom stereocenters. The SMILES string of the molecule is CCCC1CCN(Cc2cc(CNC(C)C)ccc2F)C1. The standard InChI is InChI=1S/C18H29FN2/c1-4-5-15-8-9-21(12-15)13-17-10-16(6-7-18(17)19)11-20-14(2)3/h6-7,10,14-15,20H,4-5,8-9,11-13H2,1-3H3. The third kappa shape index (κ3) is 5.08. The van der Waals surface area contributed by atoms with E-state index in [1.165, 1.54) is 24.8 Å². The van der Waals surface area contributed by atoms with Crippen molar-refractivity contribution >= 4 is 0 Å². The second-order valence-corrected chi connectivity index (χ2v) is 6.64. The van der Waals surface area contributed by atoms with E-state index >= 15 is 0 Å². The highest BCUT2D eigenvalue weighted by Crippen LogP contribution is 2.23. The molecule has 1 aliphatic rings. The molecule has 0 amide bonds. The molecular weight excluding hydrogens is 263 g/mol. The maximum absolute atomic E-state index is 14.0. The lowest BCUT2D eigenvalue weighted by Crippen LogP contribution is -2.23. The summed E-state index contributed by atoms with van der Waals surface area (Å²) in [5.74, 6) is 0.742. The molecule has 1 heterocycles. The third-order valence-electron chi connectivity index (χ3n) is 4.29. The molecule has 1 N–H and O–H groups in total. The number of hydrogen-bond donors (Lipinski definition) is 1. The highest BCUT2D eigenvalue weighted by molar-refractivity contribution is 5.25. The number of benzene rings is 1. The van der Waals surface area contributed by atoms with Crippen molar-refractivity contribution < 1.29 is 4.39 Å². The Labute approximate surface area is 128 Å². The van der Waals surface area contributed by atoms with Gasteiger partial charge in [0.25, 0.3) is 0 Å². The Kier molecular flexibility index (Phi) is 6.19. The second kappa shape index (κ2) is 7.90. The topological polar surface area (TPSA) is 15.3 Å². The van der Waals surface area contributed by atoms with Crippen LogP contribution in [0.1, 0.15) is 51.2 Å². The molecule has 0 radical (unpaired) electrons. The first kappa shape index (κ1) is 16.4. The van der Waals surface area contributed by atoms with E-state index in [1.807, 2.05) is 12.1 Å². The zero-order valence-electron chi connectivity index (χ0n) is 13.7. The molecule has 3 heteroatoms. The number of likely N-dealkylation sites (tertiary alicyclic amines) is 1. The van der Waals surface area contributed by atoms with Crippen LogP contribution in [-0.2, 0) is 13.1 Å². The molecule has 0 aromatic heterocycles. The van der Waals surface area contributed by atoms with E-state index in [4.69, 9.17) is 0 Å². The van der Waals surface area contributed by atoms with E-state index in [1.54, 1.807) is 6.07 Å². The van der Waals surface area contributed by atoms with Crippen molar-refractivity contribution in [3.8, 4) is 0 Å². The van der Waals surface area contributed by atoms with Crippen molar-refractivity contribution in [2.75, 3.05) is 13.1 Å². The van der Waals surface area contributed by atoms with E-state index in [2.05, 4.69) is 31.0 Å². The van der Waals surface area contributed by atoms with Crippen LogP contribution in [0.25, 0.3) is 0 Å². The first-order chi connectivity index (χ1) is 10.1. The van der Waals surface area contributed by atoms with Crippen molar-refractivity contribution in [1.82, 2.24) is 10.2 Å². The van der Waals surface area contributed by atoms with Gasteiger partial charge in [-0.3, -0.25) is 4.90 Å². The zero-order valence-corrected chi connectivity index (χ0v) is 13.7. The van der Waals surface area contributed by atoms with Crippen LogP contribution < -0.4 is 5.32 Å². The van der Waals surface area contributed by atoms with Gasteiger partial charge in [0.15, 0.2) is 0 Å². The van der Waals surface area contributed by atoms with E-state index in [0.717, 1.165) is 37.7 Å². The van der Waals surface area contributed by atoms with Crippen LogP contribution in [0.3, 0.4) is 0 Å². The van der Waals surface area contributed by atoms with Crippen LogP contribution in [0, 0.1) is 11.7 Å². The zero-order chi connectivity index (χ0) is 15.2. The molecule has 1 saturated heterocycles. The molecule has 2 rings (SSSR count). The Morgan fingerprint density at radius 1 is 1.38 bits per heavy atom. The molecule has 0 bridgehead atoms. The Bertz CT molecular complexity index is 445. The molecule has 1 aliphatic heterocycles. The van der Waals surface area contributed by atoms with Crippen LogP contribution in [0.5, 0.6) is 0 Å². The number of nitrogens with one attached hydrogen (secondary N) is 1. The maximum atomic E-state index is 14.0. The fourth-order valence-corrected chi connectivity index (χ4v) is 3.12. The number of hydrogen-bond acceptors (Lipinski definition) is 2. The minimum atomic E-state index is -0.0674. The summed E-state index contributed by atoms with van der Waals surface area (Å²) in [7, 11) is 0. The highest BCUT2D eigenvalue weighted by Gasteiger charge is 2.22. The smallest absolute Gasteiger partial charge is 0.127 e. The lowest BCUT2D eigenvalue weighted by Gasteiger charge is -2.17. The predicted molar refractivity (Wildman–Crippen MR) is 86.7 cm³/mol. The van der Waals surface area contributed by atoms with Gasteiger partial charge in [0.05, 0.1) is 0 Å². The fraction of sp³-hybridized carbons (Fsp3) is 0.667. The summed E-state index contributed by atoms with van der Waals surface area (Å²) in [4.78, 5) is 2.40. The summed E-state index contributed by atoms with van der Waals surface area (Å²) in [6, 6.07) is 5.98. The Morgan fingerprint density at radius 2 is 2.19 bits per heavy atom. The van der Waals surface area contributed by atoms with Gasteiger partial charge in [-0.2, -0.15) is 0 Å². The lowest BCUT2D eigenvalue weighted by molar-refractivity contribution is 0.308. The van der Waals surface area contributed by atoms with Gasteiger partial charge in [-0.15, -0.1) is 0 Å². The summed E-state index contributed by atoms with van der Waals surface area (Å²) < 4.78 is 14.0. The molecule has 0 aliphatic carbocycles. The van der Waals surface area contributed by atoms with Gasteiger partial charge >= 0.3 is 0 Å². The highest BCUT2D eigenvalue weighted by atomic mass is 19.1. The van der Waals surface area contributed by atoms with Crippen LogP contribution >= 0.6 is 0 Å². The molecule has 1 aromatic rings. The van der Waals surface area contributed by atoms with Crippen molar-refractivity contribution in [2.24, 2.45) is 5.92 Å². The summed E-state index contributed by atoms with van der Waals surface area (Å²) in [5.41, 5.74) is 2.01. The average Bonchev–Trinajstić information content (AvgIpc) is 2.87. The molecule has 1 aromatic carbocycles. The molecular formula is C18H29FN2. The van der Waals surface area contributed by atoms with Crippen LogP contribution in [0.15, 0.2) is 18.2 Å². The molecule has 118 valence electrons. The minimum absolute atomic E-state index is 0.0674. The first-order valence-corrected chi connectivity index (χ1v) is 8.31. The molecule has 21 heavy (non-hydrogen) atoms. The van der Waals surface area contributed by atoms with E-state index < -0.39 is 0 Å². The largest absolute Gasteiger partial charge is 0.310 e. The van der Waals surface area contributed by atoms with Gasteiger partial charge in [-0.25, -0.2) is 4.39 Å². The van der Waals surface area contributed by atoms with Crippen molar-refractivity contribution in [3.05, 3.63) is 35.1 Å². The minimum Gasteiger partial charge on any atom is -0.310 e. The van der Waals surface area contributed by atoms with Gasteiger partial charge in [0, 0.05) is 31.2 Å². The number of nitrogens with zero attached hydrogens (tertiary/aromatic N) is 1. The van der Waals surface area contributed by atoms with Crippen LogP contribution in [0.4, 0.5) is 4.39 Å². The first-order valence-electron chi connectivity index (χ1n) is 8.31. The van der Waals surface area contributed by atoms with E-state index in [0.29, 0.717) is 6.04 Å². The monoisotopic (exact) mass is 292 g/mol. The predicted octanol–water partition coefficient (Wildman–Crippen LogP) is 3.95. The van der Waals surface area contributed by atoms with Crippen LogP contribution in [0.2, 0.25) is 0 Å². The Balaban J connectivity index is 1.94. The van der Waals surface area contributed by atoms with Gasteiger partial charge in [0.2, 0.25) is 0 Å². The molecule has 0 saturated carbocycles. The Hall–Kier alpha value is -0.930. The van der Waals surface area contributed by atoms with E-state index in [-0.39, 0.29) is 5.82 Å². The molecule has 1 unspecified atom stereocenters. The normalized spacial score (nSPS) is 19.6. The molecule has 2 nitrogen and oxygen atoms in total. The maximum Gasteiger partial charge on any atom is 0.127 e. The van der Waals surface area contributed by atoms with Crippen molar-refractivity contribution in [3.63, 3.8) is 0 Å². The molecule has 0 spiro atoms.